The van der Waals surface area contributed by atoms with Gasteiger partial charge in [0.05, 0.1) is 12.2 Å². The average molecular weight is 196 g/mol. The molecule has 0 saturated carbocycles. The normalized spacial score (nSPS) is 15.1. The van der Waals surface area contributed by atoms with Crippen molar-refractivity contribution in [3.05, 3.63) is 6.20 Å². The Hall–Kier alpha value is -1.06. The van der Waals surface area contributed by atoms with Gasteiger partial charge in [0.2, 0.25) is 0 Å². The van der Waals surface area contributed by atoms with E-state index < -0.39 is 0 Å². The van der Waals surface area contributed by atoms with Crippen LogP contribution in [0.3, 0.4) is 0 Å². The van der Waals surface area contributed by atoms with E-state index >= 15 is 0 Å². The summed E-state index contributed by atoms with van der Waals surface area (Å²) in [4.78, 5) is 0. The van der Waals surface area contributed by atoms with E-state index in [1.807, 2.05) is 4.68 Å². The van der Waals surface area contributed by atoms with Gasteiger partial charge in [-0.15, -0.1) is 5.10 Å². The highest BCUT2D eigenvalue weighted by Crippen LogP contribution is 2.16. The average Bonchev–Trinajstić information content (AvgIpc) is 2.64. The zero-order chi connectivity index (χ0) is 10.6. The van der Waals surface area contributed by atoms with Crippen LogP contribution in [0.4, 0.5) is 5.82 Å². The summed E-state index contributed by atoms with van der Waals surface area (Å²) in [6, 6.07) is 0.875. The topological polar surface area (TPSA) is 42.7 Å². The molecule has 0 bridgehead atoms. The van der Waals surface area contributed by atoms with Gasteiger partial charge in [-0.3, -0.25) is 0 Å². The molecule has 1 aromatic heterocycles. The lowest BCUT2D eigenvalue weighted by molar-refractivity contribution is 0.467. The van der Waals surface area contributed by atoms with E-state index in [1.54, 1.807) is 6.20 Å². The lowest BCUT2D eigenvalue weighted by Gasteiger charge is -2.16. The number of nitrogens with one attached hydrogen (secondary N) is 1. The minimum absolute atomic E-state index is 0.407. The Morgan fingerprint density at radius 2 is 2.07 bits per heavy atom. The van der Waals surface area contributed by atoms with E-state index in [9.17, 15) is 0 Å². The molecule has 2 unspecified atom stereocenters. The monoisotopic (exact) mass is 196 g/mol. The summed E-state index contributed by atoms with van der Waals surface area (Å²) in [5, 5.41) is 11.4. The number of hydrogen-bond acceptors (Lipinski definition) is 3. The first-order valence-corrected chi connectivity index (χ1v) is 5.35. The van der Waals surface area contributed by atoms with Crippen molar-refractivity contribution in [3.63, 3.8) is 0 Å². The fraction of sp³-hybridized carbons (Fsp3) is 0.800. The minimum atomic E-state index is 0.407. The SMILES string of the molecule is CCC(C)Nc1cnnn1C(C)CC. The van der Waals surface area contributed by atoms with Crippen molar-refractivity contribution in [3.8, 4) is 0 Å². The van der Waals surface area contributed by atoms with Gasteiger partial charge in [-0.05, 0) is 26.7 Å². The first-order valence-electron chi connectivity index (χ1n) is 5.35. The summed E-state index contributed by atoms with van der Waals surface area (Å²) in [7, 11) is 0. The van der Waals surface area contributed by atoms with Crippen molar-refractivity contribution in [2.24, 2.45) is 0 Å². The lowest BCUT2D eigenvalue weighted by atomic mass is 10.2. The number of hydrogen-bond donors (Lipinski definition) is 1. The van der Waals surface area contributed by atoms with Crippen molar-refractivity contribution in [2.75, 3.05) is 5.32 Å². The van der Waals surface area contributed by atoms with E-state index in [1.165, 1.54) is 0 Å². The zero-order valence-electron chi connectivity index (χ0n) is 9.49. The summed E-state index contributed by atoms with van der Waals surface area (Å²) < 4.78 is 1.95. The molecule has 1 rings (SSSR count). The van der Waals surface area contributed by atoms with Crippen LogP contribution in [0.1, 0.15) is 46.6 Å². The van der Waals surface area contributed by atoms with E-state index in [0.717, 1.165) is 18.7 Å². The lowest BCUT2D eigenvalue weighted by Crippen LogP contribution is -2.18. The molecule has 0 aromatic carbocycles. The van der Waals surface area contributed by atoms with Crippen molar-refractivity contribution in [1.82, 2.24) is 15.0 Å². The Labute approximate surface area is 85.7 Å². The van der Waals surface area contributed by atoms with Gasteiger partial charge in [-0.25, -0.2) is 4.68 Å². The molecule has 0 saturated heterocycles. The van der Waals surface area contributed by atoms with Crippen LogP contribution in [0, 0.1) is 0 Å². The molecule has 0 spiro atoms. The highest BCUT2D eigenvalue weighted by atomic mass is 15.5. The number of aromatic nitrogens is 3. The van der Waals surface area contributed by atoms with Gasteiger partial charge in [0.15, 0.2) is 0 Å². The molecule has 1 N–H and O–H groups in total. The first-order chi connectivity index (χ1) is 6.69. The molecule has 4 nitrogen and oxygen atoms in total. The summed E-state index contributed by atoms with van der Waals surface area (Å²) >= 11 is 0. The Kier molecular flexibility index (Phi) is 3.92. The fourth-order valence-electron chi connectivity index (χ4n) is 1.20. The minimum Gasteiger partial charge on any atom is -0.366 e. The second-order valence-corrected chi connectivity index (χ2v) is 3.77. The summed E-state index contributed by atoms with van der Waals surface area (Å²) in [6.45, 7) is 8.62. The molecule has 80 valence electrons. The van der Waals surface area contributed by atoms with Crippen LogP contribution in [-0.4, -0.2) is 21.0 Å². The third-order valence-electron chi connectivity index (χ3n) is 2.59. The van der Waals surface area contributed by atoms with Crippen molar-refractivity contribution < 1.29 is 0 Å². The molecule has 1 aromatic rings. The molecule has 2 atom stereocenters. The van der Waals surface area contributed by atoms with Gasteiger partial charge in [-0.1, -0.05) is 19.1 Å². The molecule has 0 aliphatic heterocycles. The van der Waals surface area contributed by atoms with Crippen molar-refractivity contribution in [1.29, 1.82) is 0 Å². The quantitative estimate of drug-likeness (QED) is 0.786. The maximum Gasteiger partial charge on any atom is 0.145 e. The Morgan fingerprint density at radius 3 is 2.64 bits per heavy atom. The van der Waals surface area contributed by atoms with Crippen LogP contribution in [0.25, 0.3) is 0 Å². The molecule has 0 radical (unpaired) electrons. The molecular weight excluding hydrogens is 176 g/mol. The van der Waals surface area contributed by atoms with Gasteiger partial charge >= 0.3 is 0 Å². The second kappa shape index (κ2) is 4.98. The fourth-order valence-corrected chi connectivity index (χ4v) is 1.20. The third kappa shape index (κ3) is 2.47. The van der Waals surface area contributed by atoms with Crippen LogP contribution in [-0.2, 0) is 0 Å². The van der Waals surface area contributed by atoms with Crippen molar-refractivity contribution in [2.45, 2.75) is 52.6 Å². The van der Waals surface area contributed by atoms with E-state index in [0.29, 0.717) is 12.1 Å². The van der Waals surface area contributed by atoms with Gasteiger partial charge in [0.25, 0.3) is 0 Å². The highest BCUT2D eigenvalue weighted by Gasteiger charge is 2.10. The molecule has 0 amide bonds. The predicted octanol–water partition coefficient (Wildman–Crippen LogP) is 2.46. The second-order valence-electron chi connectivity index (χ2n) is 3.77. The van der Waals surface area contributed by atoms with Gasteiger partial charge < -0.3 is 5.32 Å². The zero-order valence-corrected chi connectivity index (χ0v) is 9.49. The summed E-state index contributed by atoms with van der Waals surface area (Å²) in [6.07, 6.45) is 3.96. The van der Waals surface area contributed by atoms with Crippen LogP contribution < -0.4 is 5.32 Å². The van der Waals surface area contributed by atoms with Crippen LogP contribution in [0.5, 0.6) is 0 Å². The number of anilines is 1. The maximum atomic E-state index is 4.08. The molecule has 1 heterocycles. The number of nitrogens with zero attached hydrogens (tertiary/aromatic N) is 3. The first kappa shape index (κ1) is 11.0. The maximum absolute atomic E-state index is 4.08. The van der Waals surface area contributed by atoms with E-state index in [2.05, 4.69) is 43.3 Å². The molecular formula is C10H20N4. The predicted molar refractivity (Wildman–Crippen MR) is 58.4 cm³/mol. The Balaban J connectivity index is 2.72. The van der Waals surface area contributed by atoms with E-state index in [-0.39, 0.29) is 0 Å². The molecule has 0 aliphatic carbocycles. The Morgan fingerprint density at radius 1 is 1.36 bits per heavy atom. The number of rotatable bonds is 5. The summed E-state index contributed by atoms with van der Waals surface area (Å²) in [5.41, 5.74) is 0. The standard InChI is InChI=1S/C10H20N4/c1-5-8(3)12-10-7-11-13-14(10)9(4)6-2/h7-9,12H,5-6H2,1-4H3. The molecule has 4 heteroatoms. The van der Waals surface area contributed by atoms with Gasteiger partial charge in [-0.2, -0.15) is 0 Å². The Bertz CT molecular complexity index is 269. The summed E-state index contributed by atoms with van der Waals surface area (Å²) in [5.74, 6) is 1.02. The van der Waals surface area contributed by atoms with Crippen LogP contribution in [0.2, 0.25) is 0 Å². The highest BCUT2D eigenvalue weighted by molar-refractivity contribution is 5.32. The van der Waals surface area contributed by atoms with Crippen LogP contribution in [0.15, 0.2) is 6.20 Å². The molecule has 14 heavy (non-hydrogen) atoms. The molecule has 0 aliphatic rings. The molecule has 0 fully saturated rings. The third-order valence-corrected chi connectivity index (χ3v) is 2.59. The van der Waals surface area contributed by atoms with Gasteiger partial charge in [0, 0.05) is 6.04 Å². The van der Waals surface area contributed by atoms with Crippen molar-refractivity contribution >= 4 is 5.82 Å². The van der Waals surface area contributed by atoms with Crippen LogP contribution >= 0.6 is 0 Å². The van der Waals surface area contributed by atoms with E-state index in [4.69, 9.17) is 0 Å². The largest absolute Gasteiger partial charge is 0.366 e. The van der Waals surface area contributed by atoms with Gasteiger partial charge in [0.1, 0.15) is 5.82 Å². The smallest absolute Gasteiger partial charge is 0.145 e.